The van der Waals surface area contributed by atoms with E-state index in [0.29, 0.717) is 17.5 Å². The normalized spacial score (nSPS) is 11.8. The maximum atomic E-state index is 11.1. The van der Waals surface area contributed by atoms with E-state index in [1.165, 1.54) is 0 Å². The van der Waals surface area contributed by atoms with E-state index in [4.69, 9.17) is 4.55 Å². The summed E-state index contributed by atoms with van der Waals surface area (Å²) in [5.74, 6) is 0. The number of fused-ring (bicyclic) bond motifs is 1. The molecule has 3 rings (SSSR count). The van der Waals surface area contributed by atoms with Gasteiger partial charge in [0, 0.05) is 0 Å². The maximum absolute atomic E-state index is 11.1. The van der Waals surface area contributed by atoms with Crippen molar-refractivity contribution in [3.8, 4) is 0 Å². The van der Waals surface area contributed by atoms with Crippen molar-refractivity contribution in [3.05, 3.63) is 59.7 Å². The number of aromatic amines is 1. The molecular formula is C14H12N2O3S. The smallest absolute Gasteiger partial charge is 0.327 e. The number of aromatic nitrogens is 2. The number of para-hydroxylation sites is 1. The van der Waals surface area contributed by atoms with Crippen LogP contribution in [0.25, 0.3) is 11.0 Å². The number of H-pyrrole nitrogens is 1. The van der Waals surface area contributed by atoms with E-state index < -0.39 is 15.3 Å². The van der Waals surface area contributed by atoms with Crippen LogP contribution in [0.5, 0.6) is 0 Å². The Morgan fingerprint density at radius 3 is 2.50 bits per heavy atom. The molecule has 0 unspecified atom stereocenters. The van der Waals surface area contributed by atoms with Crippen LogP contribution in [0.4, 0.5) is 0 Å². The standard InChI is InChI=1S/C14H12N2O3S/c17-20(18,19)14-15-12-8-4-7-11(13(12)16-14)9-10-5-2-1-3-6-10/h1-8H,9H2,(H,15,16)(H,17,18,19). The number of benzene rings is 2. The van der Waals surface area contributed by atoms with Gasteiger partial charge in [0.1, 0.15) is 0 Å². The highest BCUT2D eigenvalue weighted by Crippen LogP contribution is 2.21. The van der Waals surface area contributed by atoms with E-state index in [9.17, 15) is 8.42 Å². The van der Waals surface area contributed by atoms with Crippen LogP contribution in [0.3, 0.4) is 0 Å². The largest absolute Gasteiger partial charge is 0.328 e. The summed E-state index contributed by atoms with van der Waals surface area (Å²) in [5.41, 5.74) is 3.16. The van der Waals surface area contributed by atoms with Gasteiger partial charge in [-0.05, 0) is 23.6 Å². The molecule has 1 heterocycles. The molecule has 5 nitrogen and oxygen atoms in total. The second-order valence-corrected chi connectivity index (χ2v) is 5.83. The van der Waals surface area contributed by atoms with Gasteiger partial charge in [-0.3, -0.25) is 4.55 Å². The lowest BCUT2D eigenvalue weighted by atomic mass is 10.0. The van der Waals surface area contributed by atoms with Gasteiger partial charge in [0.05, 0.1) is 11.0 Å². The average molecular weight is 288 g/mol. The Morgan fingerprint density at radius 2 is 1.80 bits per heavy atom. The number of hydrogen-bond acceptors (Lipinski definition) is 3. The molecule has 2 N–H and O–H groups in total. The fourth-order valence-electron chi connectivity index (χ4n) is 2.15. The quantitative estimate of drug-likeness (QED) is 0.725. The molecule has 1 aromatic heterocycles. The number of imidazole rings is 1. The summed E-state index contributed by atoms with van der Waals surface area (Å²) >= 11 is 0. The minimum Gasteiger partial charge on any atom is -0.327 e. The second kappa shape index (κ2) is 4.73. The van der Waals surface area contributed by atoms with Crippen LogP contribution < -0.4 is 0 Å². The van der Waals surface area contributed by atoms with Crippen LogP contribution in [0, 0.1) is 0 Å². The summed E-state index contributed by atoms with van der Waals surface area (Å²) < 4.78 is 31.3. The minimum atomic E-state index is -4.32. The lowest BCUT2D eigenvalue weighted by Crippen LogP contribution is -1.99. The third-order valence-corrected chi connectivity index (χ3v) is 3.74. The fourth-order valence-corrected chi connectivity index (χ4v) is 2.60. The molecule has 0 saturated heterocycles. The highest BCUT2D eigenvalue weighted by Gasteiger charge is 2.16. The first kappa shape index (κ1) is 12.8. The van der Waals surface area contributed by atoms with Gasteiger partial charge in [0.15, 0.2) is 0 Å². The first-order valence-electron chi connectivity index (χ1n) is 6.03. The van der Waals surface area contributed by atoms with E-state index in [0.717, 1.165) is 11.1 Å². The van der Waals surface area contributed by atoms with Crippen LogP contribution in [-0.2, 0) is 16.5 Å². The van der Waals surface area contributed by atoms with E-state index in [1.54, 1.807) is 6.07 Å². The highest BCUT2D eigenvalue weighted by molar-refractivity contribution is 7.85. The Balaban J connectivity index is 2.10. The molecule has 0 atom stereocenters. The van der Waals surface area contributed by atoms with Crippen LogP contribution in [0.2, 0.25) is 0 Å². The van der Waals surface area contributed by atoms with Gasteiger partial charge >= 0.3 is 10.1 Å². The Morgan fingerprint density at radius 1 is 1.05 bits per heavy atom. The molecule has 102 valence electrons. The Labute approximate surface area is 116 Å². The van der Waals surface area contributed by atoms with Crippen molar-refractivity contribution in [1.82, 2.24) is 9.97 Å². The van der Waals surface area contributed by atoms with Gasteiger partial charge in [-0.15, -0.1) is 0 Å². The van der Waals surface area contributed by atoms with E-state index in [1.807, 2.05) is 42.5 Å². The van der Waals surface area contributed by atoms with Crippen molar-refractivity contribution in [1.29, 1.82) is 0 Å². The zero-order valence-corrected chi connectivity index (χ0v) is 11.3. The second-order valence-electron chi connectivity index (χ2n) is 4.49. The van der Waals surface area contributed by atoms with E-state index in [2.05, 4.69) is 9.97 Å². The number of nitrogens with one attached hydrogen (secondary N) is 1. The molecule has 0 saturated carbocycles. The van der Waals surface area contributed by atoms with Crippen molar-refractivity contribution >= 4 is 21.2 Å². The predicted molar refractivity (Wildman–Crippen MR) is 75.2 cm³/mol. The molecule has 0 spiro atoms. The molecule has 0 bridgehead atoms. The third-order valence-electron chi connectivity index (χ3n) is 3.06. The Hall–Kier alpha value is -2.18. The molecule has 0 fully saturated rings. The molecule has 0 aliphatic rings. The fraction of sp³-hybridized carbons (Fsp3) is 0.0714. The van der Waals surface area contributed by atoms with Gasteiger partial charge in [-0.25, -0.2) is 4.98 Å². The monoisotopic (exact) mass is 288 g/mol. The number of rotatable bonds is 3. The van der Waals surface area contributed by atoms with Crippen molar-refractivity contribution in [3.63, 3.8) is 0 Å². The summed E-state index contributed by atoms with van der Waals surface area (Å²) in [4.78, 5) is 6.60. The SMILES string of the molecule is O=S(=O)(O)c1nc2c(Cc3ccccc3)cccc2[nH]1. The molecule has 20 heavy (non-hydrogen) atoms. The highest BCUT2D eigenvalue weighted by atomic mass is 32.2. The van der Waals surface area contributed by atoms with E-state index in [-0.39, 0.29) is 0 Å². The van der Waals surface area contributed by atoms with Gasteiger partial charge in [0.25, 0.3) is 5.16 Å². The first-order valence-corrected chi connectivity index (χ1v) is 7.47. The predicted octanol–water partition coefficient (Wildman–Crippen LogP) is 2.40. The van der Waals surface area contributed by atoms with Crippen molar-refractivity contribution in [2.75, 3.05) is 0 Å². The van der Waals surface area contributed by atoms with E-state index >= 15 is 0 Å². The van der Waals surface area contributed by atoms with Crippen LogP contribution in [0.1, 0.15) is 11.1 Å². The summed E-state index contributed by atoms with van der Waals surface area (Å²) in [5, 5.41) is -0.423. The molecule has 3 aromatic rings. The Kier molecular flexibility index (Phi) is 3.04. The third kappa shape index (κ3) is 2.43. The topological polar surface area (TPSA) is 83.1 Å². The van der Waals surface area contributed by atoms with Crippen molar-refractivity contribution in [2.45, 2.75) is 11.6 Å². The van der Waals surface area contributed by atoms with Gasteiger partial charge in [-0.2, -0.15) is 8.42 Å². The number of nitrogens with zero attached hydrogens (tertiary/aromatic N) is 1. The summed E-state index contributed by atoms with van der Waals surface area (Å²) in [6.07, 6.45) is 0.647. The zero-order chi connectivity index (χ0) is 14.2. The summed E-state index contributed by atoms with van der Waals surface area (Å²) in [6.45, 7) is 0. The molecule has 2 aromatic carbocycles. The summed E-state index contributed by atoms with van der Waals surface area (Å²) in [6, 6.07) is 15.3. The molecule has 6 heteroatoms. The zero-order valence-electron chi connectivity index (χ0n) is 10.4. The molecule has 0 aliphatic carbocycles. The molecule has 0 radical (unpaired) electrons. The molecule has 0 amide bonds. The lowest BCUT2D eigenvalue weighted by molar-refractivity contribution is 0.476. The number of hydrogen-bond donors (Lipinski definition) is 2. The van der Waals surface area contributed by atoms with Gasteiger partial charge in [-0.1, -0.05) is 42.5 Å². The van der Waals surface area contributed by atoms with Crippen LogP contribution >= 0.6 is 0 Å². The maximum Gasteiger partial charge on any atom is 0.328 e. The van der Waals surface area contributed by atoms with Crippen LogP contribution in [-0.4, -0.2) is 22.9 Å². The van der Waals surface area contributed by atoms with Gasteiger partial charge < -0.3 is 4.98 Å². The van der Waals surface area contributed by atoms with Crippen molar-refractivity contribution < 1.29 is 13.0 Å². The average Bonchev–Trinajstić information content (AvgIpc) is 2.85. The lowest BCUT2D eigenvalue weighted by Gasteiger charge is -2.02. The van der Waals surface area contributed by atoms with Crippen LogP contribution in [0.15, 0.2) is 53.7 Å². The first-order chi connectivity index (χ1) is 9.54. The summed E-state index contributed by atoms with van der Waals surface area (Å²) in [7, 11) is -4.32. The minimum absolute atomic E-state index is 0.423. The molecular weight excluding hydrogens is 276 g/mol. The molecule has 0 aliphatic heterocycles. The van der Waals surface area contributed by atoms with Crippen molar-refractivity contribution in [2.24, 2.45) is 0 Å². The van der Waals surface area contributed by atoms with Gasteiger partial charge in [0.2, 0.25) is 0 Å². The Bertz CT molecular complexity index is 855.